The van der Waals surface area contributed by atoms with E-state index in [2.05, 4.69) is 11.4 Å². The molecule has 0 fully saturated rings. The molecule has 25 heavy (non-hydrogen) atoms. The van der Waals surface area contributed by atoms with Gasteiger partial charge in [0.05, 0.1) is 16.0 Å². The van der Waals surface area contributed by atoms with Gasteiger partial charge in [0.15, 0.2) is 0 Å². The van der Waals surface area contributed by atoms with Crippen molar-refractivity contribution in [1.29, 1.82) is 5.26 Å². The molecule has 0 unspecified atom stereocenters. The topological polar surface area (TPSA) is 73.2 Å². The molecule has 0 aliphatic carbocycles. The molecule has 0 radical (unpaired) electrons. The van der Waals surface area contributed by atoms with Crippen molar-refractivity contribution in [2.45, 2.75) is 6.92 Å². The fourth-order valence-corrected chi connectivity index (χ4v) is 4.58. The van der Waals surface area contributed by atoms with Crippen LogP contribution in [-0.2, 0) is 0 Å². The van der Waals surface area contributed by atoms with Crippen molar-refractivity contribution in [3.63, 3.8) is 0 Å². The molecule has 126 valence electrons. The van der Waals surface area contributed by atoms with Gasteiger partial charge in [-0.15, -0.1) is 22.7 Å². The van der Waals surface area contributed by atoms with E-state index in [9.17, 15) is 14.9 Å². The van der Waals surface area contributed by atoms with Crippen LogP contribution in [0.15, 0.2) is 29.6 Å². The van der Waals surface area contributed by atoms with Crippen LogP contribution < -0.4 is 5.32 Å². The van der Waals surface area contributed by atoms with Crippen LogP contribution in [-0.4, -0.2) is 30.8 Å². The number of rotatable bonds is 3. The molecule has 0 saturated carbocycles. The number of nitrogens with one attached hydrogen (secondary N) is 1. The first-order chi connectivity index (χ1) is 11.9. The first kappa shape index (κ1) is 17.1. The number of nitrogens with zero attached hydrogens (tertiary/aromatic N) is 2. The van der Waals surface area contributed by atoms with Crippen LogP contribution in [0.25, 0.3) is 10.1 Å². The summed E-state index contributed by atoms with van der Waals surface area (Å²) in [7, 11) is 3.31. The van der Waals surface area contributed by atoms with Crippen LogP contribution in [0.4, 0.5) is 5.00 Å². The molecule has 2 heterocycles. The summed E-state index contributed by atoms with van der Waals surface area (Å²) in [6.45, 7) is 1.72. The molecule has 0 aliphatic rings. The average molecular weight is 369 g/mol. The molecule has 0 atom stereocenters. The van der Waals surface area contributed by atoms with E-state index in [1.165, 1.54) is 16.2 Å². The fraction of sp³-hybridized carbons (Fsp3) is 0.167. The third-order valence-corrected chi connectivity index (χ3v) is 5.97. The Labute approximate surface area is 153 Å². The Hall–Kier alpha value is -2.69. The zero-order valence-corrected chi connectivity index (χ0v) is 15.5. The zero-order chi connectivity index (χ0) is 18.1. The first-order valence-corrected chi connectivity index (χ1v) is 9.16. The van der Waals surface area contributed by atoms with Crippen molar-refractivity contribution >= 4 is 49.6 Å². The number of hydrogen-bond acceptors (Lipinski definition) is 5. The summed E-state index contributed by atoms with van der Waals surface area (Å²) < 4.78 is 1.03. The summed E-state index contributed by atoms with van der Waals surface area (Å²) in [6.07, 6.45) is 0. The van der Waals surface area contributed by atoms with Crippen LogP contribution in [0, 0.1) is 18.3 Å². The van der Waals surface area contributed by atoms with Crippen molar-refractivity contribution in [3.8, 4) is 6.07 Å². The van der Waals surface area contributed by atoms with Crippen molar-refractivity contribution < 1.29 is 9.59 Å². The second-order valence-corrected chi connectivity index (χ2v) is 7.60. The number of carbonyl (C=O) groups is 2. The van der Waals surface area contributed by atoms with Crippen molar-refractivity contribution in [3.05, 3.63) is 51.2 Å². The predicted octanol–water partition coefficient (Wildman–Crippen LogP) is 4.10. The molecule has 1 aromatic carbocycles. The molecule has 1 N–H and O–H groups in total. The van der Waals surface area contributed by atoms with Gasteiger partial charge in [0.25, 0.3) is 11.8 Å². The molecular formula is C18H15N3O2S2. The summed E-state index contributed by atoms with van der Waals surface area (Å²) in [5.41, 5.74) is 1.50. The molecule has 7 heteroatoms. The Balaban J connectivity index is 1.98. The van der Waals surface area contributed by atoms with Gasteiger partial charge in [0, 0.05) is 29.6 Å². The number of thiophene rings is 2. The van der Waals surface area contributed by atoms with Gasteiger partial charge in [0.1, 0.15) is 11.1 Å². The Bertz CT molecular complexity index is 1020. The fourth-order valence-electron chi connectivity index (χ4n) is 2.47. The first-order valence-electron chi connectivity index (χ1n) is 7.46. The van der Waals surface area contributed by atoms with E-state index in [1.54, 1.807) is 26.4 Å². The van der Waals surface area contributed by atoms with Crippen LogP contribution >= 0.6 is 22.7 Å². The van der Waals surface area contributed by atoms with Gasteiger partial charge in [-0.1, -0.05) is 18.2 Å². The van der Waals surface area contributed by atoms with Gasteiger partial charge in [-0.3, -0.25) is 9.59 Å². The van der Waals surface area contributed by atoms with E-state index in [-0.39, 0.29) is 11.8 Å². The lowest BCUT2D eigenvalue weighted by Crippen LogP contribution is -2.21. The lowest BCUT2D eigenvalue weighted by atomic mass is 10.1. The van der Waals surface area contributed by atoms with Crippen molar-refractivity contribution in [2.75, 3.05) is 19.4 Å². The minimum absolute atomic E-state index is 0.180. The quantitative estimate of drug-likeness (QED) is 0.755. The second kappa shape index (κ2) is 6.67. The Morgan fingerprint density at radius 1 is 1.24 bits per heavy atom. The molecule has 0 bridgehead atoms. The van der Waals surface area contributed by atoms with Gasteiger partial charge in [-0.2, -0.15) is 5.26 Å². The second-order valence-electron chi connectivity index (χ2n) is 5.67. The van der Waals surface area contributed by atoms with E-state index in [1.807, 2.05) is 24.3 Å². The number of hydrogen-bond donors (Lipinski definition) is 1. The Morgan fingerprint density at radius 3 is 2.64 bits per heavy atom. The Morgan fingerprint density at radius 2 is 1.96 bits per heavy atom. The maximum atomic E-state index is 12.7. The number of anilines is 1. The van der Waals surface area contributed by atoms with Crippen LogP contribution in [0.5, 0.6) is 0 Å². The summed E-state index contributed by atoms with van der Waals surface area (Å²) in [5, 5.41) is 15.3. The molecule has 2 amide bonds. The molecule has 3 rings (SSSR count). The number of benzene rings is 1. The standard InChI is InChI=1S/C18H15N3O2S2/c1-10-12(8-19)17(25-15(10)18(23)21(2)3)20-16(22)13-9-24-14-7-5-4-6-11(13)14/h4-7,9H,1-3H3,(H,20,22). The molecule has 3 aromatic rings. The normalized spacial score (nSPS) is 10.5. The van der Waals surface area contributed by atoms with Gasteiger partial charge >= 0.3 is 0 Å². The van der Waals surface area contributed by atoms with Gasteiger partial charge in [-0.25, -0.2) is 0 Å². The minimum atomic E-state index is -0.279. The zero-order valence-electron chi connectivity index (χ0n) is 13.9. The third-order valence-electron chi connectivity index (χ3n) is 3.81. The van der Waals surface area contributed by atoms with E-state index < -0.39 is 0 Å². The van der Waals surface area contributed by atoms with Gasteiger partial charge in [-0.05, 0) is 18.6 Å². The number of amides is 2. The maximum Gasteiger partial charge on any atom is 0.263 e. The van der Waals surface area contributed by atoms with E-state index >= 15 is 0 Å². The average Bonchev–Trinajstić information content (AvgIpc) is 3.15. The highest BCUT2D eigenvalue weighted by atomic mass is 32.1. The molecular weight excluding hydrogens is 354 g/mol. The molecule has 2 aromatic heterocycles. The van der Waals surface area contributed by atoms with E-state index in [0.29, 0.717) is 26.6 Å². The summed E-state index contributed by atoms with van der Waals surface area (Å²) >= 11 is 2.63. The maximum absolute atomic E-state index is 12.7. The number of nitriles is 1. The highest BCUT2D eigenvalue weighted by molar-refractivity contribution is 7.19. The molecule has 0 saturated heterocycles. The lowest BCUT2D eigenvalue weighted by molar-refractivity contribution is 0.0831. The SMILES string of the molecule is Cc1c(C(=O)N(C)C)sc(NC(=O)c2csc3ccccc23)c1C#N. The molecule has 5 nitrogen and oxygen atoms in total. The minimum Gasteiger partial charge on any atom is -0.344 e. The van der Waals surface area contributed by atoms with Crippen LogP contribution in [0.3, 0.4) is 0 Å². The highest BCUT2D eigenvalue weighted by Crippen LogP contribution is 2.34. The third kappa shape index (κ3) is 3.02. The van der Waals surface area contributed by atoms with Crippen LogP contribution in [0.2, 0.25) is 0 Å². The summed E-state index contributed by atoms with van der Waals surface area (Å²) in [6, 6.07) is 9.76. The lowest BCUT2D eigenvalue weighted by Gasteiger charge is -2.08. The highest BCUT2D eigenvalue weighted by Gasteiger charge is 2.23. The largest absolute Gasteiger partial charge is 0.344 e. The summed E-state index contributed by atoms with van der Waals surface area (Å²) in [5.74, 6) is -0.459. The van der Waals surface area contributed by atoms with Gasteiger partial charge < -0.3 is 10.2 Å². The molecule has 0 aliphatic heterocycles. The van der Waals surface area contributed by atoms with Crippen molar-refractivity contribution in [1.82, 2.24) is 4.90 Å². The van der Waals surface area contributed by atoms with Crippen LogP contribution in [0.1, 0.15) is 31.2 Å². The van der Waals surface area contributed by atoms with E-state index in [4.69, 9.17) is 0 Å². The predicted molar refractivity (Wildman–Crippen MR) is 102 cm³/mol. The van der Waals surface area contributed by atoms with Gasteiger partial charge in [0.2, 0.25) is 0 Å². The van der Waals surface area contributed by atoms with E-state index in [0.717, 1.165) is 21.4 Å². The smallest absolute Gasteiger partial charge is 0.263 e. The molecule has 0 spiro atoms. The summed E-state index contributed by atoms with van der Waals surface area (Å²) in [4.78, 5) is 26.9. The number of fused-ring (bicyclic) bond motifs is 1. The monoisotopic (exact) mass is 369 g/mol. The van der Waals surface area contributed by atoms with Crippen molar-refractivity contribution in [2.24, 2.45) is 0 Å². The number of carbonyl (C=O) groups excluding carboxylic acids is 2. The Kier molecular flexibility index (Phi) is 4.57.